The lowest BCUT2D eigenvalue weighted by atomic mass is 9.64. The van der Waals surface area contributed by atoms with Crippen LogP contribution in [0.25, 0.3) is 0 Å². The molecule has 15 heavy (non-hydrogen) atoms. The standard InChI is InChI=1S/C11H22N2O2/c1-11(2)8(7-9(11)15-4)13-6-5-10(14)12-3/h8-9,13H,5-7H2,1-4H3,(H,12,14). The van der Waals surface area contributed by atoms with Crippen LogP contribution in [0.15, 0.2) is 0 Å². The van der Waals surface area contributed by atoms with Crippen molar-refractivity contribution in [3.05, 3.63) is 0 Å². The highest BCUT2D eigenvalue weighted by molar-refractivity contribution is 5.75. The molecule has 0 aromatic heterocycles. The van der Waals surface area contributed by atoms with E-state index in [-0.39, 0.29) is 11.3 Å². The average molecular weight is 214 g/mol. The second-order valence-electron chi connectivity index (χ2n) is 4.71. The Morgan fingerprint density at radius 2 is 2.20 bits per heavy atom. The van der Waals surface area contributed by atoms with Gasteiger partial charge in [-0.05, 0) is 6.42 Å². The van der Waals surface area contributed by atoms with Gasteiger partial charge in [-0.25, -0.2) is 0 Å². The molecule has 1 aliphatic rings. The van der Waals surface area contributed by atoms with Gasteiger partial charge in [0, 0.05) is 38.6 Å². The SMILES string of the molecule is CNC(=O)CCNC1CC(OC)C1(C)C. The van der Waals surface area contributed by atoms with Crippen molar-refractivity contribution in [1.82, 2.24) is 10.6 Å². The van der Waals surface area contributed by atoms with Crippen LogP contribution in [0.5, 0.6) is 0 Å². The van der Waals surface area contributed by atoms with Crippen LogP contribution in [-0.4, -0.2) is 38.8 Å². The second kappa shape index (κ2) is 4.94. The van der Waals surface area contributed by atoms with Crippen LogP contribution in [0.4, 0.5) is 0 Å². The van der Waals surface area contributed by atoms with Gasteiger partial charge in [0.15, 0.2) is 0 Å². The van der Waals surface area contributed by atoms with Crippen molar-refractivity contribution in [1.29, 1.82) is 0 Å². The summed E-state index contributed by atoms with van der Waals surface area (Å²) >= 11 is 0. The monoisotopic (exact) mass is 214 g/mol. The Kier molecular flexibility index (Phi) is 4.11. The molecule has 1 aliphatic carbocycles. The molecule has 0 aliphatic heterocycles. The number of amides is 1. The third-order valence-electron chi connectivity index (χ3n) is 3.48. The summed E-state index contributed by atoms with van der Waals surface area (Å²) in [7, 11) is 3.42. The van der Waals surface area contributed by atoms with E-state index in [0.717, 1.165) is 13.0 Å². The smallest absolute Gasteiger partial charge is 0.221 e. The van der Waals surface area contributed by atoms with E-state index in [2.05, 4.69) is 24.5 Å². The maximum Gasteiger partial charge on any atom is 0.221 e. The molecule has 88 valence electrons. The van der Waals surface area contributed by atoms with E-state index >= 15 is 0 Å². The Morgan fingerprint density at radius 3 is 2.67 bits per heavy atom. The third-order valence-corrected chi connectivity index (χ3v) is 3.48. The molecule has 0 bridgehead atoms. The maximum atomic E-state index is 11.0. The lowest BCUT2D eigenvalue weighted by molar-refractivity contribution is -0.121. The molecule has 2 atom stereocenters. The van der Waals surface area contributed by atoms with Crippen molar-refractivity contribution in [3.8, 4) is 0 Å². The highest BCUT2D eigenvalue weighted by Gasteiger charge is 2.47. The molecule has 4 nitrogen and oxygen atoms in total. The first-order valence-electron chi connectivity index (χ1n) is 5.49. The van der Waals surface area contributed by atoms with Crippen LogP contribution in [0, 0.1) is 5.41 Å². The van der Waals surface area contributed by atoms with Crippen molar-refractivity contribution in [2.45, 2.75) is 38.8 Å². The Bertz CT molecular complexity index is 229. The van der Waals surface area contributed by atoms with Crippen molar-refractivity contribution in [2.75, 3.05) is 20.7 Å². The summed E-state index contributed by atoms with van der Waals surface area (Å²) in [5.74, 6) is 0.0860. The van der Waals surface area contributed by atoms with E-state index in [9.17, 15) is 4.79 Å². The summed E-state index contributed by atoms with van der Waals surface area (Å²) in [6, 6.07) is 0.465. The first-order chi connectivity index (χ1) is 7.02. The lowest BCUT2D eigenvalue weighted by Crippen LogP contribution is -2.60. The highest BCUT2D eigenvalue weighted by Crippen LogP contribution is 2.42. The summed E-state index contributed by atoms with van der Waals surface area (Å²) in [6.07, 6.45) is 1.92. The zero-order chi connectivity index (χ0) is 11.5. The number of ether oxygens (including phenoxy) is 1. The van der Waals surface area contributed by atoms with Gasteiger partial charge in [0.1, 0.15) is 0 Å². The van der Waals surface area contributed by atoms with E-state index < -0.39 is 0 Å². The lowest BCUT2D eigenvalue weighted by Gasteiger charge is -2.51. The number of carbonyl (C=O) groups excluding carboxylic acids is 1. The molecule has 4 heteroatoms. The maximum absolute atomic E-state index is 11.0. The number of hydrogen-bond acceptors (Lipinski definition) is 3. The molecule has 2 unspecified atom stereocenters. The van der Waals surface area contributed by atoms with E-state index in [1.807, 2.05) is 0 Å². The van der Waals surface area contributed by atoms with Gasteiger partial charge in [-0.2, -0.15) is 0 Å². The van der Waals surface area contributed by atoms with Crippen LogP contribution in [0.2, 0.25) is 0 Å². The van der Waals surface area contributed by atoms with Crippen LogP contribution >= 0.6 is 0 Å². The van der Waals surface area contributed by atoms with E-state index in [1.165, 1.54) is 0 Å². The quantitative estimate of drug-likeness (QED) is 0.701. The summed E-state index contributed by atoms with van der Waals surface area (Å²) in [5.41, 5.74) is 0.178. The first kappa shape index (κ1) is 12.5. The average Bonchev–Trinajstić information content (AvgIpc) is 2.21. The van der Waals surface area contributed by atoms with Crippen LogP contribution < -0.4 is 10.6 Å². The summed E-state index contributed by atoms with van der Waals surface area (Å²) in [5, 5.41) is 6.01. The third kappa shape index (κ3) is 2.69. The van der Waals surface area contributed by atoms with Gasteiger partial charge < -0.3 is 15.4 Å². The van der Waals surface area contributed by atoms with E-state index in [0.29, 0.717) is 18.6 Å². The van der Waals surface area contributed by atoms with Crippen molar-refractivity contribution in [2.24, 2.45) is 5.41 Å². The predicted molar refractivity (Wildman–Crippen MR) is 59.7 cm³/mol. The largest absolute Gasteiger partial charge is 0.381 e. The van der Waals surface area contributed by atoms with Gasteiger partial charge in [-0.15, -0.1) is 0 Å². The minimum Gasteiger partial charge on any atom is -0.381 e. The minimum absolute atomic E-state index is 0.0860. The first-order valence-corrected chi connectivity index (χ1v) is 5.49. The molecule has 2 N–H and O–H groups in total. The zero-order valence-corrected chi connectivity index (χ0v) is 10.1. The Hall–Kier alpha value is -0.610. The number of nitrogens with one attached hydrogen (secondary N) is 2. The fraction of sp³-hybridized carbons (Fsp3) is 0.909. The molecule has 0 saturated heterocycles. The molecule has 1 saturated carbocycles. The predicted octanol–water partition coefficient (Wildman–Crippen LogP) is 0.526. The summed E-state index contributed by atoms with van der Waals surface area (Å²) in [6.45, 7) is 5.13. The molecule has 0 radical (unpaired) electrons. The molecule has 0 heterocycles. The molecular weight excluding hydrogens is 192 g/mol. The molecule has 1 amide bonds. The van der Waals surface area contributed by atoms with E-state index in [4.69, 9.17) is 4.74 Å². The molecule has 0 aromatic rings. The minimum atomic E-state index is 0.0860. The molecule has 1 rings (SSSR count). The molecular formula is C11H22N2O2. The van der Waals surface area contributed by atoms with Crippen molar-refractivity contribution >= 4 is 5.91 Å². The number of carbonyl (C=O) groups is 1. The Balaban J connectivity index is 2.22. The second-order valence-corrected chi connectivity index (χ2v) is 4.71. The van der Waals surface area contributed by atoms with Crippen LogP contribution in [-0.2, 0) is 9.53 Å². The topological polar surface area (TPSA) is 50.4 Å². The Labute approximate surface area is 91.8 Å². The van der Waals surface area contributed by atoms with Gasteiger partial charge in [0.2, 0.25) is 5.91 Å². The molecule has 1 fully saturated rings. The Morgan fingerprint density at radius 1 is 1.53 bits per heavy atom. The summed E-state index contributed by atoms with van der Waals surface area (Å²) in [4.78, 5) is 11.0. The summed E-state index contributed by atoms with van der Waals surface area (Å²) < 4.78 is 5.36. The highest BCUT2D eigenvalue weighted by atomic mass is 16.5. The van der Waals surface area contributed by atoms with E-state index in [1.54, 1.807) is 14.2 Å². The zero-order valence-electron chi connectivity index (χ0n) is 10.1. The normalized spacial score (nSPS) is 28.3. The number of methoxy groups -OCH3 is 1. The van der Waals surface area contributed by atoms with Crippen LogP contribution in [0.3, 0.4) is 0 Å². The van der Waals surface area contributed by atoms with Gasteiger partial charge >= 0.3 is 0 Å². The van der Waals surface area contributed by atoms with Gasteiger partial charge in [0.05, 0.1) is 6.10 Å². The fourth-order valence-electron chi connectivity index (χ4n) is 2.12. The fourth-order valence-corrected chi connectivity index (χ4v) is 2.12. The van der Waals surface area contributed by atoms with Crippen LogP contribution in [0.1, 0.15) is 26.7 Å². The van der Waals surface area contributed by atoms with Crippen molar-refractivity contribution < 1.29 is 9.53 Å². The molecule has 0 aromatic carbocycles. The van der Waals surface area contributed by atoms with Gasteiger partial charge in [0.25, 0.3) is 0 Å². The van der Waals surface area contributed by atoms with Gasteiger partial charge in [-0.3, -0.25) is 4.79 Å². The van der Waals surface area contributed by atoms with Crippen molar-refractivity contribution in [3.63, 3.8) is 0 Å². The van der Waals surface area contributed by atoms with Gasteiger partial charge in [-0.1, -0.05) is 13.8 Å². The number of hydrogen-bond donors (Lipinski definition) is 2. The number of rotatable bonds is 5. The molecule has 0 spiro atoms.